The molecule has 0 aliphatic carbocycles. The summed E-state index contributed by atoms with van der Waals surface area (Å²) in [5.74, 6) is 0. The molecule has 0 atom stereocenters. The molecule has 0 fully saturated rings. The maximum atomic E-state index is 11.0. The SMILES string of the molecule is O=Cc1ccc2o[nH]c(=O)c2c1. The molecule has 2 rings (SSSR count). The van der Waals surface area contributed by atoms with Crippen LogP contribution < -0.4 is 5.56 Å². The molecule has 2 aromatic rings. The summed E-state index contributed by atoms with van der Waals surface area (Å²) in [4.78, 5) is 21.3. The van der Waals surface area contributed by atoms with E-state index >= 15 is 0 Å². The second-order valence-electron chi connectivity index (χ2n) is 2.41. The summed E-state index contributed by atoms with van der Waals surface area (Å²) in [6, 6.07) is 4.66. The highest BCUT2D eigenvalue weighted by Crippen LogP contribution is 2.09. The van der Waals surface area contributed by atoms with E-state index in [1.807, 2.05) is 0 Å². The summed E-state index contributed by atoms with van der Waals surface area (Å²) in [7, 11) is 0. The Kier molecular flexibility index (Phi) is 1.33. The van der Waals surface area contributed by atoms with Gasteiger partial charge in [-0.25, -0.2) is 0 Å². The molecule has 0 amide bonds. The highest BCUT2D eigenvalue weighted by atomic mass is 16.5. The van der Waals surface area contributed by atoms with Crippen LogP contribution in [0, 0.1) is 0 Å². The molecule has 4 heteroatoms. The van der Waals surface area contributed by atoms with Crippen molar-refractivity contribution in [1.29, 1.82) is 0 Å². The van der Waals surface area contributed by atoms with E-state index in [4.69, 9.17) is 4.52 Å². The van der Waals surface area contributed by atoms with Crippen molar-refractivity contribution in [2.45, 2.75) is 0 Å². The monoisotopic (exact) mass is 163 g/mol. The Bertz CT molecular complexity index is 480. The van der Waals surface area contributed by atoms with E-state index in [0.717, 1.165) is 0 Å². The van der Waals surface area contributed by atoms with Gasteiger partial charge in [0.2, 0.25) is 0 Å². The first kappa shape index (κ1) is 6.84. The number of benzene rings is 1. The van der Waals surface area contributed by atoms with Gasteiger partial charge in [0, 0.05) is 5.56 Å². The van der Waals surface area contributed by atoms with E-state index in [2.05, 4.69) is 5.16 Å². The van der Waals surface area contributed by atoms with Gasteiger partial charge in [0.25, 0.3) is 5.56 Å². The van der Waals surface area contributed by atoms with Crippen LogP contribution in [-0.4, -0.2) is 11.4 Å². The number of H-pyrrole nitrogens is 1. The van der Waals surface area contributed by atoms with Gasteiger partial charge in [0.15, 0.2) is 5.58 Å². The molecule has 0 saturated carbocycles. The number of hydrogen-bond acceptors (Lipinski definition) is 3. The molecule has 0 bridgehead atoms. The number of aromatic nitrogens is 1. The maximum Gasteiger partial charge on any atom is 0.287 e. The lowest BCUT2D eigenvalue weighted by atomic mass is 10.2. The molecule has 4 nitrogen and oxygen atoms in total. The predicted octanol–water partition coefficient (Wildman–Crippen LogP) is 0.934. The summed E-state index contributed by atoms with van der Waals surface area (Å²) < 4.78 is 4.79. The van der Waals surface area contributed by atoms with Crippen molar-refractivity contribution in [2.24, 2.45) is 0 Å². The maximum absolute atomic E-state index is 11.0. The fourth-order valence-electron chi connectivity index (χ4n) is 1.04. The van der Waals surface area contributed by atoms with E-state index in [9.17, 15) is 9.59 Å². The van der Waals surface area contributed by atoms with Crippen molar-refractivity contribution in [1.82, 2.24) is 5.16 Å². The smallest absolute Gasteiger partial charge is 0.287 e. The minimum atomic E-state index is -0.311. The van der Waals surface area contributed by atoms with Gasteiger partial charge in [-0.05, 0) is 18.2 Å². The average molecular weight is 163 g/mol. The number of rotatable bonds is 1. The van der Waals surface area contributed by atoms with E-state index in [1.54, 1.807) is 12.1 Å². The minimum Gasteiger partial charge on any atom is -0.378 e. The quantitative estimate of drug-likeness (QED) is 0.636. The van der Waals surface area contributed by atoms with Crippen molar-refractivity contribution in [3.63, 3.8) is 0 Å². The first-order valence-electron chi connectivity index (χ1n) is 3.37. The molecule has 0 aliphatic rings. The highest BCUT2D eigenvalue weighted by Gasteiger charge is 2.02. The summed E-state index contributed by atoms with van der Waals surface area (Å²) in [5.41, 5.74) is 0.619. The first-order valence-corrected chi connectivity index (χ1v) is 3.37. The predicted molar refractivity (Wildman–Crippen MR) is 42.2 cm³/mol. The zero-order valence-electron chi connectivity index (χ0n) is 6.03. The van der Waals surface area contributed by atoms with Gasteiger partial charge in [0.1, 0.15) is 6.29 Å². The molecule has 12 heavy (non-hydrogen) atoms. The molecular formula is C8H5NO3. The summed E-state index contributed by atoms with van der Waals surface area (Å²) in [5, 5.41) is 2.58. The lowest BCUT2D eigenvalue weighted by Crippen LogP contribution is -1.96. The topological polar surface area (TPSA) is 63.1 Å². The molecule has 1 aromatic carbocycles. The molecule has 0 unspecified atom stereocenters. The van der Waals surface area contributed by atoms with Gasteiger partial charge in [-0.1, -0.05) is 0 Å². The van der Waals surface area contributed by atoms with Crippen molar-refractivity contribution in [2.75, 3.05) is 0 Å². The third-order valence-electron chi connectivity index (χ3n) is 1.64. The Morgan fingerprint density at radius 3 is 3.00 bits per heavy atom. The lowest BCUT2D eigenvalue weighted by Gasteiger charge is -1.86. The molecule has 60 valence electrons. The number of aromatic amines is 1. The summed E-state index contributed by atoms with van der Waals surface area (Å²) in [6.07, 6.45) is 0.686. The van der Waals surface area contributed by atoms with Crippen LogP contribution in [0.15, 0.2) is 27.5 Å². The average Bonchev–Trinajstić information content (AvgIpc) is 2.47. The Labute approximate surface area is 66.8 Å². The number of aldehydes is 1. The third-order valence-corrected chi connectivity index (χ3v) is 1.64. The molecule has 0 radical (unpaired) electrons. The van der Waals surface area contributed by atoms with E-state index < -0.39 is 0 Å². The Morgan fingerprint density at radius 1 is 1.42 bits per heavy atom. The van der Waals surface area contributed by atoms with Gasteiger partial charge in [-0.2, -0.15) is 5.16 Å². The van der Waals surface area contributed by atoms with Crippen LogP contribution in [0.2, 0.25) is 0 Å². The summed E-state index contributed by atoms with van der Waals surface area (Å²) >= 11 is 0. The molecule has 0 saturated heterocycles. The van der Waals surface area contributed by atoms with Crippen LogP contribution in [0.3, 0.4) is 0 Å². The van der Waals surface area contributed by atoms with Gasteiger partial charge < -0.3 is 4.52 Å². The molecule has 0 spiro atoms. The first-order chi connectivity index (χ1) is 5.81. The normalized spacial score (nSPS) is 10.3. The number of hydrogen-bond donors (Lipinski definition) is 1. The number of carbonyl (C=O) groups excluding carboxylic acids is 1. The van der Waals surface area contributed by atoms with Crippen LogP contribution in [-0.2, 0) is 0 Å². The van der Waals surface area contributed by atoms with E-state index in [-0.39, 0.29) is 5.56 Å². The standard InChI is InChI=1S/C8H5NO3/c10-4-5-1-2-7-6(3-5)8(11)9-12-7/h1-4H,(H,9,11). The van der Waals surface area contributed by atoms with Crippen molar-refractivity contribution in [3.8, 4) is 0 Å². The van der Waals surface area contributed by atoms with Gasteiger partial charge in [-0.15, -0.1) is 0 Å². The van der Waals surface area contributed by atoms with Crippen molar-refractivity contribution < 1.29 is 9.32 Å². The van der Waals surface area contributed by atoms with Gasteiger partial charge in [0.05, 0.1) is 5.39 Å². The highest BCUT2D eigenvalue weighted by molar-refractivity contribution is 5.85. The van der Waals surface area contributed by atoms with Gasteiger partial charge in [-0.3, -0.25) is 9.59 Å². The minimum absolute atomic E-state index is 0.311. The second-order valence-corrected chi connectivity index (χ2v) is 2.41. The number of nitrogens with one attached hydrogen (secondary N) is 1. The van der Waals surface area contributed by atoms with E-state index in [1.165, 1.54) is 6.07 Å². The second kappa shape index (κ2) is 2.34. The number of fused-ring (bicyclic) bond motifs is 1. The molecule has 0 aliphatic heterocycles. The molecule has 1 aromatic heterocycles. The fourth-order valence-corrected chi connectivity index (χ4v) is 1.04. The summed E-state index contributed by atoms with van der Waals surface area (Å²) in [6.45, 7) is 0. The lowest BCUT2D eigenvalue weighted by molar-refractivity contribution is 0.112. The zero-order chi connectivity index (χ0) is 8.55. The number of carbonyl (C=O) groups is 1. The molecular weight excluding hydrogens is 158 g/mol. The van der Waals surface area contributed by atoms with E-state index in [0.29, 0.717) is 22.8 Å². The van der Waals surface area contributed by atoms with Crippen LogP contribution in [0.4, 0.5) is 0 Å². The Hall–Kier alpha value is -1.84. The van der Waals surface area contributed by atoms with Crippen LogP contribution in [0.5, 0.6) is 0 Å². The molecule has 1 heterocycles. The Balaban J connectivity index is 2.88. The van der Waals surface area contributed by atoms with Crippen LogP contribution >= 0.6 is 0 Å². The van der Waals surface area contributed by atoms with Crippen molar-refractivity contribution in [3.05, 3.63) is 34.1 Å². The Morgan fingerprint density at radius 2 is 2.25 bits per heavy atom. The zero-order valence-corrected chi connectivity index (χ0v) is 6.03. The largest absolute Gasteiger partial charge is 0.378 e. The third kappa shape index (κ3) is 0.852. The van der Waals surface area contributed by atoms with Crippen LogP contribution in [0.1, 0.15) is 10.4 Å². The fraction of sp³-hybridized carbons (Fsp3) is 0. The van der Waals surface area contributed by atoms with Crippen LogP contribution in [0.25, 0.3) is 11.0 Å². The molecule has 1 N–H and O–H groups in total. The van der Waals surface area contributed by atoms with Gasteiger partial charge >= 0.3 is 0 Å². The van der Waals surface area contributed by atoms with Crippen molar-refractivity contribution >= 4 is 17.3 Å².